The number of hydrogen-bond donors (Lipinski definition) is 1. The first kappa shape index (κ1) is 18.7. The van der Waals surface area contributed by atoms with Gasteiger partial charge in [-0.15, -0.1) is 15.3 Å². The molecule has 0 saturated carbocycles. The molecular formula is C20H23ClN6O. The highest BCUT2D eigenvalue weighted by atomic mass is 35.5. The van der Waals surface area contributed by atoms with E-state index in [0.29, 0.717) is 0 Å². The van der Waals surface area contributed by atoms with Crippen molar-refractivity contribution in [3.8, 4) is 0 Å². The number of fused-ring (bicyclic) bond motifs is 1. The molecule has 3 aromatic rings. The van der Waals surface area contributed by atoms with Crippen LogP contribution in [0.2, 0.25) is 5.02 Å². The van der Waals surface area contributed by atoms with Crippen LogP contribution in [0.15, 0.2) is 42.7 Å². The lowest BCUT2D eigenvalue weighted by molar-refractivity contribution is -0.126. The van der Waals surface area contributed by atoms with Crippen LogP contribution in [0.4, 0.5) is 5.82 Å². The average Bonchev–Trinajstić information content (AvgIpc) is 3.17. The van der Waals surface area contributed by atoms with Crippen molar-refractivity contribution in [1.82, 2.24) is 25.1 Å². The van der Waals surface area contributed by atoms with Crippen molar-refractivity contribution in [1.29, 1.82) is 0 Å². The molecule has 3 heterocycles. The molecule has 1 N–H and O–H groups in total. The molecule has 0 spiro atoms. The van der Waals surface area contributed by atoms with Gasteiger partial charge in [-0.1, -0.05) is 29.8 Å². The van der Waals surface area contributed by atoms with Gasteiger partial charge in [0, 0.05) is 30.1 Å². The molecule has 1 aromatic carbocycles. The zero-order valence-electron chi connectivity index (χ0n) is 15.8. The highest BCUT2D eigenvalue weighted by Crippen LogP contribution is 2.23. The van der Waals surface area contributed by atoms with Gasteiger partial charge in [-0.3, -0.25) is 4.79 Å². The maximum atomic E-state index is 12.7. The predicted molar refractivity (Wildman–Crippen MR) is 108 cm³/mol. The van der Waals surface area contributed by atoms with E-state index in [1.165, 1.54) is 0 Å². The van der Waals surface area contributed by atoms with E-state index in [4.69, 9.17) is 11.6 Å². The Balaban J connectivity index is 1.30. The maximum Gasteiger partial charge on any atom is 0.223 e. The second-order valence-electron chi connectivity index (χ2n) is 7.29. The Morgan fingerprint density at radius 2 is 2.04 bits per heavy atom. The van der Waals surface area contributed by atoms with E-state index in [-0.39, 0.29) is 17.9 Å². The van der Waals surface area contributed by atoms with Crippen molar-refractivity contribution in [3.63, 3.8) is 0 Å². The zero-order valence-corrected chi connectivity index (χ0v) is 16.5. The lowest BCUT2D eigenvalue weighted by atomic mass is 9.95. The summed E-state index contributed by atoms with van der Waals surface area (Å²) in [6.45, 7) is 3.63. The number of nitrogens with one attached hydrogen (secondary N) is 1. The summed E-state index contributed by atoms with van der Waals surface area (Å²) in [6.07, 6.45) is 3.95. The van der Waals surface area contributed by atoms with Crippen LogP contribution in [0, 0.1) is 5.92 Å². The minimum Gasteiger partial charge on any atom is -0.355 e. The molecule has 1 saturated heterocycles. The molecular weight excluding hydrogens is 376 g/mol. The number of carbonyl (C=O) groups excluding carboxylic acids is 1. The molecule has 1 unspecified atom stereocenters. The molecule has 0 bridgehead atoms. The summed E-state index contributed by atoms with van der Waals surface area (Å²) in [5.74, 6) is 1.04. The number of piperidine rings is 1. The summed E-state index contributed by atoms with van der Waals surface area (Å²) < 4.78 is 1.67. The van der Waals surface area contributed by atoms with E-state index < -0.39 is 0 Å². The third kappa shape index (κ3) is 4.09. The molecule has 7 nitrogen and oxygen atoms in total. The summed E-state index contributed by atoms with van der Waals surface area (Å²) in [6, 6.07) is 11.7. The van der Waals surface area contributed by atoms with E-state index in [9.17, 15) is 4.79 Å². The molecule has 2 aromatic heterocycles. The fourth-order valence-electron chi connectivity index (χ4n) is 3.66. The van der Waals surface area contributed by atoms with Gasteiger partial charge in [-0.05, 0) is 49.9 Å². The first-order valence-electron chi connectivity index (χ1n) is 9.56. The Morgan fingerprint density at radius 3 is 2.82 bits per heavy atom. The van der Waals surface area contributed by atoms with Gasteiger partial charge in [-0.25, -0.2) is 0 Å². The molecule has 0 radical (unpaired) electrons. The lowest BCUT2D eigenvalue weighted by Crippen LogP contribution is -2.44. The summed E-state index contributed by atoms with van der Waals surface area (Å²) in [5, 5.41) is 16.3. The third-order valence-electron chi connectivity index (χ3n) is 5.21. The average molecular weight is 399 g/mol. The minimum absolute atomic E-state index is 0.0311. The Bertz CT molecular complexity index is 966. The van der Waals surface area contributed by atoms with E-state index in [1.54, 1.807) is 10.8 Å². The van der Waals surface area contributed by atoms with Gasteiger partial charge in [0.25, 0.3) is 0 Å². The predicted octanol–water partition coefficient (Wildman–Crippen LogP) is 2.74. The molecule has 28 heavy (non-hydrogen) atoms. The highest BCUT2D eigenvalue weighted by Gasteiger charge is 2.26. The normalized spacial score (nSPS) is 16.3. The van der Waals surface area contributed by atoms with Crippen LogP contribution >= 0.6 is 11.6 Å². The summed E-state index contributed by atoms with van der Waals surface area (Å²) in [4.78, 5) is 14.9. The molecule has 1 atom stereocenters. The molecule has 1 aliphatic rings. The maximum absolute atomic E-state index is 12.7. The van der Waals surface area contributed by atoms with Crippen molar-refractivity contribution in [3.05, 3.63) is 53.3 Å². The topological polar surface area (TPSA) is 75.4 Å². The van der Waals surface area contributed by atoms with Gasteiger partial charge in [-0.2, -0.15) is 4.52 Å². The van der Waals surface area contributed by atoms with Gasteiger partial charge in [0.05, 0.1) is 0 Å². The van der Waals surface area contributed by atoms with Crippen molar-refractivity contribution in [2.45, 2.75) is 32.2 Å². The van der Waals surface area contributed by atoms with Crippen molar-refractivity contribution in [2.75, 3.05) is 18.0 Å². The number of carbonyl (C=O) groups is 1. The summed E-state index contributed by atoms with van der Waals surface area (Å²) >= 11 is 6.22. The second kappa shape index (κ2) is 8.14. The first-order valence-corrected chi connectivity index (χ1v) is 9.94. The standard InChI is InChI=1S/C20H23ClN6O/c1-14(12-16-4-2-3-5-17(16)21)23-20(28)15-8-10-26(11-9-15)19-7-6-18-24-22-13-27(18)25-19/h2-7,13-15H,8-12H2,1H3,(H,23,28). The van der Waals surface area contributed by atoms with E-state index in [2.05, 4.69) is 25.5 Å². The summed E-state index contributed by atoms with van der Waals surface area (Å²) in [7, 11) is 0. The second-order valence-corrected chi connectivity index (χ2v) is 7.70. The van der Waals surface area contributed by atoms with Crippen molar-refractivity contribution < 1.29 is 4.79 Å². The van der Waals surface area contributed by atoms with Gasteiger partial charge < -0.3 is 10.2 Å². The molecule has 1 fully saturated rings. The molecule has 0 aliphatic carbocycles. The van der Waals surface area contributed by atoms with Gasteiger partial charge in [0.2, 0.25) is 5.91 Å². The number of aromatic nitrogens is 4. The van der Waals surface area contributed by atoms with Crippen LogP contribution in [0.3, 0.4) is 0 Å². The monoisotopic (exact) mass is 398 g/mol. The Labute approximate surface area is 168 Å². The fourth-order valence-corrected chi connectivity index (χ4v) is 3.88. The number of nitrogens with zero attached hydrogens (tertiary/aromatic N) is 5. The van der Waals surface area contributed by atoms with Crippen LogP contribution in [0.1, 0.15) is 25.3 Å². The molecule has 1 aliphatic heterocycles. The zero-order chi connectivity index (χ0) is 19.5. The third-order valence-corrected chi connectivity index (χ3v) is 5.58. The largest absolute Gasteiger partial charge is 0.355 e. The number of benzene rings is 1. The highest BCUT2D eigenvalue weighted by molar-refractivity contribution is 6.31. The molecule has 4 rings (SSSR count). The van der Waals surface area contributed by atoms with Gasteiger partial charge in [0.15, 0.2) is 5.65 Å². The van der Waals surface area contributed by atoms with E-state index in [0.717, 1.165) is 54.4 Å². The van der Waals surface area contributed by atoms with Gasteiger partial charge in [0.1, 0.15) is 12.1 Å². The molecule has 1 amide bonds. The fraction of sp³-hybridized carbons (Fsp3) is 0.400. The van der Waals surface area contributed by atoms with Crippen LogP contribution in [-0.4, -0.2) is 44.8 Å². The minimum atomic E-state index is 0.0311. The quantitative estimate of drug-likeness (QED) is 0.715. The SMILES string of the molecule is CC(Cc1ccccc1Cl)NC(=O)C1CCN(c2ccc3nncn3n2)CC1. The smallest absolute Gasteiger partial charge is 0.223 e. The molecule has 8 heteroatoms. The van der Waals surface area contributed by atoms with Gasteiger partial charge >= 0.3 is 0 Å². The van der Waals surface area contributed by atoms with Crippen LogP contribution in [0.25, 0.3) is 5.65 Å². The number of rotatable bonds is 5. The van der Waals surface area contributed by atoms with Crippen molar-refractivity contribution in [2.24, 2.45) is 5.92 Å². The molecule has 146 valence electrons. The van der Waals surface area contributed by atoms with E-state index in [1.807, 2.05) is 43.3 Å². The number of anilines is 1. The Morgan fingerprint density at radius 1 is 1.25 bits per heavy atom. The summed E-state index contributed by atoms with van der Waals surface area (Å²) in [5.41, 5.74) is 1.78. The number of hydrogen-bond acceptors (Lipinski definition) is 5. The van der Waals surface area contributed by atoms with Crippen LogP contribution < -0.4 is 10.2 Å². The number of amides is 1. The Kier molecular flexibility index (Phi) is 5.43. The van der Waals surface area contributed by atoms with Crippen LogP contribution in [0.5, 0.6) is 0 Å². The van der Waals surface area contributed by atoms with Crippen LogP contribution in [-0.2, 0) is 11.2 Å². The number of halogens is 1. The first-order chi connectivity index (χ1) is 13.6. The lowest BCUT2D eigenvalue weighted by Gasteiger charge is -2.32. The van der Waals surface area contributed by atoms with Crippen molar-refractivity contribution >= 4 is 29.0 Å². The Hall–Kier alpha value is -2.67. The van der Waals surface area contributed by atoms with E-state index >= 15 is 0 Å².